The molecule has 0 saturated carbocycles. The molecule has 6 heteroatoms. The molecule has 0 amide bonds. The fourth-order valence-electron chi connectivity index (χ4n) is 8.19. The molecular weight excluding hydrogens is 829 g/mol. The third-order valence-corrected chi connectivity index (χ3v) is 12.5. The summed E-state index contributed by atoms with van der Waals surface area (Å²) in [5, 5.41) is 0. The molecule has 0 saturated heterocycles. The number of carbonyl (C=O) groups is 3. The number of rotatable bonds is 52. The predicted molar refractivity (Wildman–Crippen MR) is 288 cm³/mol. The molecule has 67 heavy (non-hydrogen) atoms. The molecule has 0 radical (unpaired) electrons. The Bertz CT molecular complexity index is 1210. The van der Waals surface area contributed by atoms with Crippen LogP contribution in [-0.2, 0) is 28.6 Å². The molecule has 0 bridgehead atoms. The average Bonchev–Trinajstić information content (AvgIpc) is 3.33. The maximum absolute atomic E-state index is 12.9. The van der Waals surface area contributed by atoms with Crippen molar-refractivity contribution in [2.24, 2.45) is 0 Å². The lowest BCUT2D eigenvalue weighted by molar-refractivity contribution is -0.167. The van der Waals surface area contributed by atoms with E-state index in [1.807, 2.05) is 0 Å². The minimum atomic E-state index is -0.785. The average molecular weight is 938 g/mol. The summed E-state index contributed by atoms with van der Waals surface area (Å²) in [6.07, 6.45) is 69.2. The molecule has 1 atom stereocenters. The van der Waals surface area contributed by atoms with E-state index in [2.05, 4.69) is 81.5 Å². The molecule has 0 rings (SSSR count). The van der Waals surface area contributed by atoms with Gasteiger partial charge in [-0.2, -0.15) is 0 Å². The molecule has 0 aromatic rings. The van der Waals surface area contributed by atoms with Gasteiger partial charge in [0.15, 0.2) is 6.10 Å². The van der Waals surface area contributed by atoms with E-state index in [4.69, 9.17) is 14.2 Å². The van der Waals surface area contributed by atoms with Crippen LogP contribution in [0.2, 0.25) is 0 Å². The van der Waals surface area contributed by atoms with E-state index in [9.17, 15) is 14.4 Å². The molecule has 388 valence electrons. The molecule has 6 nitrogen and oxygen atoms in total. The first-order valence-electron chi connectivity index (χ1n) is 28.8. The highest BCUT2D eigenvalue weighted by Crippen LogP contribution is 2.16. The van der Waals surface area contributed by atoms with Gasteiger partial charge in [0.25, 0.3) is 0 Å². The van der Waals surface area contributed by atoms with E-state index in [0.717, 1.165) is 116 Å². The summed E-state index contributed by atoms with van der Waals surface area (Å²) in [6.45, 7) is 6.51. The van der Waals surface area contributed by atoms with E-state index in [-0.39, 0.29) is 31.1 Å². The van der Waals surface area contributed by atoms with Crippen molar-refractivity contribution in [2.75, 3.05) is 13.2 Å². The largest absolute Gasteiger partial charge is 0.462 e. The standard InChI is InChI=1S/C61H108O6/c1-4-7-10-13-16-19-22-25-28-29-30-31-34-37-40-43-46-49-52-55-61(64)67-58(56-65-59(62)53-50-47-44-41-38-35-32-26-23-20-17-14-11-8-5-2)57-66-60(63)54-51-48-45-42-39-36-33-27-24-21-18-15-12-9-6-3/h8,11,17-18,20-21,26-27,32-33,58H,4-7,9-10,12-16,19,22-25,28-31,34-57H2,1-3H3/b11-8-,20-17-,21-18-,32-26-,33-27-/t58-/m1/s1. The van der Waals surface area contributed by atoms with Crippen LogP contribution in [0.5, 0.6) is 0 Å². The zero-order valence-corrected chi connectivity index (χ0v) is 44.4. The van der Waals surface area contributed by atoms with E-state index >= 15 is 0 Å². The summed E-state index contributed by atoms with van der Waals surface area (Å²) in [6, 6.07) is 0. The van der Waals surface area contributed by atoms with Gasteiger partial charge in [0, 0.05) is 19.3 Å². The normalized spacial score (nSPS) is 12.5. The molecule has 0 aliphatic rings. The van der Waals surface area contributed by atoms with Gasteiger partial charge in [0.2, 0.25) is 0 Å². The maximum Gasteiger partial charge on any atom is 0.306 e. The lowest BCUT2D eigenvalue weighted by atomic mass is 10.0. The molecule has 0 aliphatic heterocycles. The van der Waals surface area contributed by atoms with E-state index in [0.29, 0.717) is 19.3 Å². The molecule has 0 fully saturated rings. The lowest BCUT2D eigenvalue weighted by Crippen LogP contribution is -2.30. The first kappa shape index (κ1) is 64.1. The van der Waals surface area contributed by atoms with Crippen LogP contribution in [0.4, 0.5) is 0 Å². The Morgan fingerprint density at radius 1 is 0.313 bits per heavy atom. The van der Waals surface area contributed by atoms with Gasteiger partial charge in [-0.15, -0.1) is 0 Å². The third-order valence-electron chi connectivity index (χ3n) is 12.5. The van der Waals surface area contributed by atoms with Crippen molar-refractivity contribution >= 4 is 17.9 Å². The summed E-state index contributed by atoms with van der Waals surface area (Å²) in [5.41, 5.74) is 0. The summed E-state index contributed by atoms with van der Waals surface area (Å²) in [5.74, 6) is -0.902. The predicted octanol–water partition coefficient (Wildman–Crippen LogP) is 19.2. The fraction of sp³-hybridized carbons (Fsp3) is 0.787. The van der Waals surface area contributed by atoms with Gasteiger partial charge in [-0.1, -0.05) is 248 Å². The van der Waals surface area contributed by atoms with Crippen molar-refractivity contribution in [3.05, 3.63) is 60.8 Å². The van der Waals surface area contributed by atoms with Gasteiger partial charge in [-0.3, -0.25) is 14.4 Å². The molecule has 0 aliphatic carbocycles. The summed E-state index contributed by atoms with van der Waals surface area (Å²) < 4.78 is 16.9. The number of hydrogen-bond acceptors (Lipinski definition) is 6. The van der Waals surface area contributed by atoms with Gasteiger partial charge in [-0.25, -0.2) is 0 Å². The first-order chi connectivity index (χ1) is 33.0. The van der Waals surface area contributed by atoms with Crippen LogP contribution in [-0.4, -0.2) is 37.2 Å². The minimum absolute atomic E-state index is 0.0850. The smallest absolute Gasteiger partial charge is 0.306 e. The van der Waals surface area contributed by atoms with E-state index < -0.39 is 6.10 Å². The molecule has 0 N–H and O–H groups in total. The highest BCUT2D eigenvalue weighted by atomic mass is 16.6. The summed E-state index contributed by atoms with van der Waals surface area (Å²) in [7, 11) is 0. The van der Waals surface area contributed by atoms with E-state index in [1.165, 1.54) is 135 Å². The lowest BCUT2D eigenvalue weighted by Gasteiger charge is -2.18. The Labute approximate surface area is 415 Å². The Balaban J connectivity index is 4.38. The zero-order valence-electron chi connectivity index (χ0n) is 44.4. The second-order valence-electron chi connectivity index (χ2n) is 19.2. The van der Waals surface area contributed by atoms with Crippen molar-refractivity contribution < 1.29 is 28.6 Å². The highest BCUT2D eigenvalue weighted by Gasteiger charge is 2.19. The van der Waals surface area contributed by atoms with Crippen LogP contribution >= 0.6 is 0 Å². The van der Waals surface area contributed by atoms with Crippen LogP contribution in [0, 0.1) is 0 Å². The van der Waals surface area contributed by atoms with Crippen molar-refractivity contribution in [1.29, 1.82) is 0 Å². The van der Waals surface area contributed by atoms with E-state index in [1.54, 1.807) is 0 Å². The molecular formula is C61H108O6. The van der Waals surface area contributed by atoms with Crippen molar-refractivity contribution in [3.8, 4) is 0 Å². The number of carbonyl (C=O) groups excluding carboxylic acids is 3. The molecule has 0 unspecified atom stereocenters. The number of unbranched alkanes of at least 4 members (excludes halogenated alkanes) is 31. The molecule has 0 spiro atoms. The van der Waals surface area contributed by atoms with Crippen molar-refractivity contribution in [2.45, 2.75) is 297 Å². The Hall–Kier alpha value is -2.89. The van der Waals surface area contributed by atoms with Gasteiger partial charge in [0.1, 0.15) is 13.2 Å². The van der Waals surface area contributed by atoms with Crippen molar-refractivity contribution in [1.82, 2.24) is 0 Å². The van der Waals surface area contributed by atoms with Gasteiger partial charge >= 0.3 is 17.9 Å². The van der Waals surface area contributed by atoms with Crippen molar-refractivity contribution in [3.63, 3.8) is 0 Å². The Morgan fingerprint density at radius 3 is 0.940 bits per heavy atom. The van der Waals surface area contributed by atoms with Gasteiger partial charge < -0.3 is 14.2 Å². The van der Waals surface area contributed by atoms with Crippen LogP contribution in [0.15, 0.2) is 60.8 Å². The summed E-state index contributed by atoms with van der Waals surface area (Å²) >= 11 is 0. The third kappa shape index (κ3) is 53.9. The quantitative estimate of drug-likeness (QED) is 0.0262. The first-order valence-corrected chi connectivity index (χ1v) is 28.8. The van der Waals surface area contributed by atoms with Crippen LogP contribution < -0.4 is 0 Å². The Kier molecular flexibility index (Phi) is 53.3. The minimum Gasteiger partial charge on any atom is -0.462 e. The van der Waals surface area contributed by atoms with Gasteiger partial charge in [-0.05, 0) is 83.5 Å². The molecule has 0 aromatic heterocycles. The number of allylic oxidation sites excluding steroid dienone is 10. The monoisotopic (exact) mass is 937 g/mol. The van der Waals surface area contributed by atoms with Crippen LogP contribution in [0.1, 0.15) is 290 Å². The fourth-order valence-corrected chi connectivity index (χ4v) is 8.19. The summed E-state index contributed by atoms with van der Waals surface area (Å²) in [4.78, 5) is 38.1. The molecule has 0 aromatic carbocycles. The van der Waals surface area contributed by atoms with Crippen LogP contribution in [0.25, 0.3) is 0 Å². The molecule has 0 heterocycles. The maximum atomic E-state index is 12.9. The Morgan fingerprint density at radius 2 is 0.582 bits per heavy atom. The zero-order chi connectivity index (χ0) is 48.6. The van der Waals surface area contributed by atoms with Gasteiger partial charge in [0.05, 0.1) is 0 Å². The second kappa shape index (κ2) is 55.7. The SMILES string of the molecule is CC/C=C\C/C=C\C/C=C\CCCCCCCC(=O)OC[C@H](COC(=O)CCCCCCC/C=C\C/C=C\CCCCC)OC(=O)CCCCCCCCCCCCCCCCCCCCC. The highest BCUT2D eigenvalue weighted by molar-refractivity contribution is 5.71. The van der Waals surface area contributed by atoms with Crippen LogP contribution in [0.3, 0.4) is 0 Å². The number of ether oxygens (including phenoxy) is 3. The number of hydrogen-bond donors (Lipinski definition) is 0. The topological polar surface area (TPSA) is 78.9 Å². The number of esters is 3. The second-order valence-corrected chi connectivity index (χ2v) is 19.2.